The highest BCUT2D eigenvalue weighted by Gasteiger charge is 2.55. The molecule has 14 heteroatoms. The summed E-state index contributed by atoms with van der Waals surface area (Å²) in [7, 11) is -4.30. The minimum absolute atomic E-state index is 0.152. The molecule has 6 atom stereocenters. The first-order valence-electron chi connectivity index (χ1n) is 11.1. The van der Waals surface area contributed by atoms with Crippen LogP contribution in [0.25, 0.3) is 0 Å². The van der Waals surface area contributed by atoms with Crippen molar-refractivity contribution in [1.29, 1.82) is 0 Å². The number of benzene rings is 1. The summed E-state index contributed by atoms with van der Waals surface area (Å²) in [6, 6.07) is 7.86. The molecular weight excluding hydrogens is 500 g/mol. The number of nitrogens with zero attached hydrogens (tertiary/aromatic N) is 1. The smallest absolute Gasteiger partial charge is 0.459 e. The van der Waals surface area contributed by atoms with Crippen LogP contribution in [-0.2, 0) is 23.4 Å². The molecule has 1 saturated heterocycles. The quantitative estimate of drug-likeness (QED) is 0.305. The van der Waals surface area contributed by atoms with E-state index in [9.17, 15) is 24.1 Å². The highest BCUT2D eigenvalue weighted by Crippen LogP contribution is 2.47. The van der Waals surface area contributed by atoms with Crippen molar-refractivity contribution in [3.05, 3.63) is 63.4 Å². The lowest BCUT2D eigenvalue weighted by Crippen LogP contribution is -2.43. The number of aliphatic hydroxyl groups excluding tert-OH is 1. The maximum absolute atomic E-state index is 15.4. The van der Waals surface area contributed by atoms with Crippen molar-refractivity contribution >= 4 is 13.7 Å². The number of esters is 1. The van der Waals surface area contributed by atoms with Crippen LogP contribution in [0.2, 0.25) is 0 Å². The number of aromatic amines is 1. The molecule has 0 aliphatic carbocycles. The van der Waals surface area contributed by atoms with E-state index < -0.39 is 67.8 Å². The zero-order valence-corrected chi connectivity index (χ0v) is 21.0. The van der Waals surface area contributed by atoms with Crippen molar-refractivity contribution < 1.29 is 37.4 Å². The third-order valence-electron chi connectivity index (χ3n) is 5.26. The molecule has 12 nitrogen and oxygen atoms in total. The third-order valence-corrected chi connectivity index (χ3v) is 6.90. The van der Waals surface area contributed by atoms with Crippen LogP contribution >= 0.6 is 7.75 Å². The van der Waals surface area contributed by atoms with Gasteiger partial charge < -0.3 is 19.1 Å². The fraction of sp³-hybridized carbons (Fsp3) is 0.500. The molecule has 0 saturated carbocycles. The molecule has 0 amide bonds. The monoisotopic (exact) mass is 529 g/mol. The second kappa shape index (κ2) is 11.1. The van der Waals surface area contributed by atoms with Crippen LogP contribution in [0, 0.1) is 0 Å². The lowest BCUT2D eigenvalue weighted by molar-refractivity contribution is -0.149. The van der Waals surface area contributed by atoms with Crippen LogP contribution < -0.4 is 20.9 Å². The van der Waals surface area contributed by atoms with Gasteiger partial charge in [0.05, 0.1) is 12.7 Å². The Balaban J connectivity index is 1.80. The molecule has 1 aliphatic heterocycles. The molecule has 198 valence electrons. The van der Waals surface area contributed by atoms with Gasteiger partial charge in [-0.05, 0) is 39.8 Å². The van der Waals surface area contributed by atoms with Crippen LogP contribution in [0.1, 0.15) is 33.9 Å². The van der Waals surface area contributed by atoms with Crippen molar-refractivity contribution in [1.82, 2.24) is 14.6 Å². The van der Waals surface area contributed by atoms with Crippen molar-refractivity contribution in [3.63, 3.8) is 0 Å². The summed E-state index contributed by atoms with van der Waals surface area (Å²) in [6.45, 7) is 5.07. The Morgan fingerprint density at radius 2 is 1.94 bits per heavy atom. The van der Waals surface area contributed by atoms with Gasteiger partial charge in [-0.15, -0.1) is 0 Å². The lowest BCUT2D eigenvalue weighted by Gasteiger charge is -2.25. The highest BCUT2D eigenvalue weighted by atomic mass is 31.2. The highest BCUT2D eigenvalue weighted by molar-refractivity contribution is 7.52. The topological polar surface area (TPSA) is 158 Å². The number of hydrogen-bond donors (Lipinski definition) is 3. The molecule has 0 bridgehead atoms. The van der Waals surface area contributed by atoms with Gasteiger partial charge in [-0.2, -0.15) is 5.09 Å². The zero-order valence-electron chi connectivity index (χ0n) is 20.1. The number of aliphatic hydroxyl groups is 1. The van der Waals surface area contributed by atoms with Crippen molar-refractivity contribution in [2.75, 3.05) is 6.61 Å². The second-order valence-electron chi connectivity index (χ2n) is 8.67. The predicted octanol–water partition coefficient (Wildman–Crippen LogP) is 1.66. The number of aromatic nitrogens is 2. The van der Waals surface area contributed by atoms with E-state index in [0.29, 0.717) is 0 Å². The van der Waals surface area contributed by atoms with Gasteiger partial charge in [-0.25, -0.2) is 13.8 Å². The zero-order chi connectivity index (χ0) is 26.7. The molecule has 0 spiro atoms. The summed E-state index contributed by atoms with van der Waals surface area (Å²) in [5.74, 6) is -0.560. The number of halogens is 1. The van der Waals surface area contributed by atoms with Crippen LogP contribution in [-0.4, -0.2) is 57.3 Å². The minimum atomic E-state index is -4.30. The van der Waals surface area contributed by atoms with Gasteiger partial charge in [-0.1, -0.05) is 18.2 Å². The van der Waals surface area contributed by atoms with Crippen molar-refractivity contribution in [2.24, 2.45) is 0 Å². The first-order valence-corrected chi connectivity index (χ1v) is 12.7. The number of rotatable bonds is 10. The SMILES string of the molecule is CC(C)OC(=O)[C@@H](C)N[P@](=O)(OC[C@H]1O[C@@H](n2ccc(=O)[nH]c2=O)[C@](C)(F)[C@@H]1O)Oc1ccccc1. The Hall–Kier alpha value is -2.83. The Labute approximate surface area is 205 Å². The molecule has 1 aliphatic rings. The largest absolute Gasteiger partial charge is 0.462 e. The number of ether oxygens (including phenoxy) is 2. The standard InChI is InChI=1S/C22H29FN3O9P/c1-13(2)33-19(29)14(3)25-36(31,35-15-8-6-5-7-9-15)32-12-16-18(28)22(4,23)20(34-16)26-11-10-17(27)24-21(26)30/h5-11,13-14,16,18,20,28H,12H2,1-4H3,(H,25,31)(H,24,27,30)/t14-,16-,18-,20-,22-,36+/m1/s1. The number of hydrogen-bond acceptors (Lipinski definition) is 9. The number of carbonyl (C=O) groups excluding carboxylic acids is 1. The number of alkyl halides is 1. The third kappa shape index (κ3) is 6.48. The van der Waals surface area contributed by atoms with Crippen LogP contribution in [0.4, 0.5) is 4.39 Å². The molecule has 36 heavy (non-hydrogen) atoms. The fourth-order valence-electron chi connectivity index (χ4n) is 3.47. The summed E-state index contributed by atoms with van der Waals surface area (Å²) in [5, 5.41) is 13.0. The average molecular weight is 529 g/mol. The average Bonchev–Trinajstić information content (AvgIpc) is 3.01. The Morgan fingerprint density at radius 3 is 2.56 bits per heavy atom. The maximum Gasteiger partial charge on any atom is 0.459 e. The van der Waals surface area contributed by atoms with E-state index in [4.69, 9.17) is 18.5 Å². The summed E-state index contributed by atoms with van der Waals surface area (Å²) < 4.78 is 51.4. The van der Waals surface area contributed by atoms with Crippen LogP contribution in [0.5, 0.6) is 5.75 Å². The molecular formula is C22H29FN3O9P. The second-order valence-corrected chi connectivity index (χ2v) is 10.4. The lowest BCUT2D eigenvalue weighted by atomic mass is 9.98. The fourth-order valence-corrected chi connectivity index (χ4v) is 4.97. The predicted molar refractivity (Wildman–Crippen MR) is 125 cm³/mol. The molecule has 3 N–H and O–H groups in total. The summed E-state index contributed by atoms with van der Waals surface area (Å²) in [5.41, 5.74) is -4.12. The molecule has 0 radical (unpaired) electrons. The number of carbonyl (C=O) groups is 1. The summed E-state index contributed by atoms with van der Waals surface area (Å²) in [6.07, 6.45) is -4.21. The van der Waals surface area contributed by atoms with Crippen molar-refractivity contribution in [3.8, 4) is 5.75 Å². The maximum atomic E-state index is 15.4. The van der Waals surface area contributed by atoms with Gasteiger partial charge in [0, 0.05) is 12.3 Å². The minimum Gasteiger partial charge on any atom is -0.462 e. The number of H-pyrrole nitrogens is 1. The summed E-state index contributed by atoms with van der Waals surface area (Å²) >= 11 is 0. The van der Waals surface area contributed by atoms with E-state index in [-0.39, 0.29) is 5.75 Å². The van der Waals surface area contributed by atoms with Gasteiger partial charge in [0.2, 0.25) is 0 Å². The Bertz CT molecular complexity index is 1220. The van der Waals surface area contributed by atoms with E-state index in [0.717, 1.165) is 23.8 Å². The molecule has 1 aromatic heterocycles. The van der Waals surface area contributed by atoms with Crippen LogP contribution in [0.3, 0.4) is 0 Å². The summed E-state index contributed by atoms with van der Waals surface area (Å²) in [4.78, 5) is 37.7. The first kappa shape index (κ1) is 27.8. The molecule has 3 rings (SSSR count). The molecule has 2 aromatic rings. The van der Waals surface area contributed by atoms with Gasteiger partial charge in [0.25, 0.3) is 5.56 Å². The van der Waals surface area contributed by atoms with E-state index in [1.165, 1.54) is 19.1 Å². The molecule has 2 heterocycles. The van der Waals surface area contributed by atoms with Crippen molar-refractivity contribution in [2.45, 2.75) is 63.9 Å². The normalized spacial score (nSPS) is 26.4. The van der Waals surface area contributed by atoms with Gasteiger partial charge in [0.1, 0.15) is 24.0 Å². The van der Waals surface area contributed by atoms with E-state index in [2.05, 4.69) is 5.09 Å². The molecule has 0 unspecified atom stereocenters. The number of para-hydroxylation sites is 1. The van der Waals surface area contributed by atoms with Gasteiger partial charge in [0.15, 0.2) is 11.9 Å². The molecule has 1 fully saturated rings. The van der Waals surface area contributed by atoms with E-state index in [1.54, 1.807) is 32.0 Å². The first-order chi connectivity index (χ1) is 16.8. The van der Waals surface area contributed by atoms with E-state index >= 15 is 4.39 Å². The Kier molecular flexibility index (Phi) is 8.52. The van der Waals surface area contributed by atoms with Gasteiger partial charge >= 0.3 is 19.4 Å². The molecule has 1 aromatic carbocycles. The van der Waals surface area contributed by atoms with Gasteiger partial charge in [-0.3, -0.25) is 23.7 Å². The van der Waals surface area contributed by atoms with Crippen LogP contribution in [0.15, 0.2) is 52.2 Å². The number of nitrogens with one attached hydrogen (secondary N) is 2. The van der Waals surface area contributed by atoms with E-state index in [1.807, 2.05) is 4.98 Å². The Morgan fingerprint density at radius 1 is 1.28 bits per heavy atom.